The van der Waals surface area contributed by atoms with Gasteiger partial charge in [0.25, 0.3) is 5.91 Å². The van der Waals surface area contributed by atoms with Gasteiger partial charge in [-0.05, 0) is 75.4 Å². The molecule has 9 nitrogen and oxygen atoms in total. The van der Waals surface area contributed by atoms with Gasteiger partial charge in [0.15, 0.2) is 5.16 Å². The number of thioether (sulfide) groups is 1. The zero-order valence-corrected chi connectivity index (χ0v) is 26.6. The first kappa shape index (κ1) is 30.8. The van der Waals surface area contributed by atoms with Gasteiger partial charge in [0.1, 0.15) is 0 Å². The van der Waals surface area contributed by atoms with Crippen LogP contribution in [0.5, 0.6) is 0 Å². The molecule has 3 fully saturated rings. The van der Waals surface area contributed by atoms with E-state index in [1.54, 1.807) is 13.1 Å². The van der Waals surface area contributed by atoms with Crippen molar-refractivity contribution < 1.29 is 14.4 Å². The van der Waals surface area contributed by atoms with E-state index in [-0.39, 0.29) is 23.6 Å². The van der Waals surface area contributed by atoms with E-state index in [0.717, 1.165) is 56.1 Å². The molecule has 0 bridgehead atoms. The molecule has 1 aromatic carbocycles. The van der Waals surface area contributed by atoms with Crippen molar-refractivity contribution >= 4 is 46.8 Å². The van der Waals surface area contributed by atoms with Gasteiger partial charge in [-0.25, -0.2) is 9.97 Å². The number of anilines is 1. The number of fused-ring (bicyclic) bond motifs is 1. The Balaban J connectivity index is 1.16. The average molecular weight is 613 g/mol. The van der Waals surface area contributed by atoms with Crippen molar-refractivity contribution in [3.8, 4) is 0 Å². The normalized spacial score (nSPS) is 21.1. The molecule has 11 heteroatoms. The lowest BCUT2D eigenvalue weighted by atomic mass is 9.94. The van der Waals surface area contributed by atoms with Crippen LogP contribution >= 0.6 is 23.4 Å². The van der Waals surface area contributed by atoms with Crippen molar-refractivity contribution in [2.24, 2.45) is 17.8 Å². The summed E-state index contributed by atoms with van der Waals surface area (Å²) in [5, 5.41) is 1.34. The molecule has 2 aromatic rings. The predicted molar refractivity (Wildman–Crippen MR) is 166 cm³/mol. The number of aromatic nitrogens is 2. The highest BCUT2D eigenvalue weighted by atomic mass is 35.5. The van der Waals surface area contributed by atoms with Crippen LogP contribution in [-0.2, 0) is 9.59 Å². The Kier molecular flexibility index (Phi) is 9.74. The quantitative estimate of drug-likeness (QED) is 0.327. The Hall–Kier alpha value is -2.69. The van der Waals surface area contributed by atoms with Crippen LogP contribution in [0, 0.1) is 31.6 Å². The van der Waals surface area contributed by atoms with Crippen molar-refractivity contribution in [3.05, 3.63) is 46.2 Å². The molecule has 0 spiro atoms. The summed E-state index contributed by atoms with van der Waals surface area (Å²) in [5.74, 6) is 1.04. The zero-order valence-electron chi connectivity index (χ0n) is 25.0. The molecule has 4 heterocycles. The molecule has 42 heavy (non-hydrogen) atoms. The number of piperidine rings is 1. The molecule has 2 atom stereocenters. The molecule has 3 aliphatic rings. The van der Waals surface area contributed by atoms with Crippen molar-refractivity contribution in [3.63, 3.8) is 0 Å². The minimum absolute atomic E-state index is 0.0288. The largest absolute Gasteiger partial charge is 0.343 e. The van der Waals surface area contributed by atoms with Gasteiger partial charge in [0, 0.05) is 75.6 Å². The van der Waals surface area contributed by atoms with Gasteiger partial charge in [0.2, 0.25) is 11.8 Å². The first-order valence-electron chi connectivity index (χ1n) is 14.9. The molecule has 3 saturated heterocycles. The smallest absolute Gasteiger partial charge is 0.257 e. The number of hydrogen-bond donors (Lipinski definition) is 0. The second-order valence-electron chi connectivity index (χ2n) is 11.9. The number of benzene rings is 1. The maximum Gasteiger partial charge on any atom is 0.257 e. The molecule has 3 aliphatic heterocycles. The van der Waals surface area contributed by atoms with Crippen LogP contribution in [0.3, 0.4) is 0 Å². The van der Waals surface area contributed by atoms with Gasteiger partial charge >= 0.3 is 0 Å². The summed E-state index contributed by atoms with van der Waals surface area (Å²) in [7, 11) is 0. The first-order valence-corrected chi connectivity index (χ1v) is 16.5. The van der Waals surface area contributed by atoms with E-state index in [2.05, 4.69) is 14.9 Å². The topological polar surface area (TPSA) is 90.0 Å². The molecule has 5 rings (SSSR count). The number of amides is 3. The minimum atomic E-state index is -0.0960. The van der Waals surface area contributed by atoms with E-state index >= 15 is 0 Å². The summed E-state index contributed by atoms with van der Waals surface area (Å²) in [6.07, 6.45) is 5.82. The van der Waals surface area contributed by atoms with Gasteiger partial charge in [-0.1, -0.05) is 29.4 Å². The molecular formula is C31H41ClN6O3S. The van der Waals surface area contributed by atoms with Crippen LogP contribution in [0.4, 0.5) is 5.69 Å². The SMILES string of the molecule is CSc1ncc(C(=O)N2CC3CN(CCCN(C(=O)C4CCN(C(C)=O)CC4)c4ccc(C)c(Cl)c4)CC3C2)c(C)n1. The van der Waals surface area contributed by atoms with Gasteiger partial charge in [-0.15, -0.1) is 0 Å². The minimum Gasteiger partial charge on any atom is -0.343 e. The number of aryl methyl sites for hydroxylation is 2. The number of hydrogen-bond acceptors (Lipinski definition) is 7. The fourth-order valence-electron chi connectivity index (χ4n) is 6.59. The lowest BCUT2D eigenvalue weighted by molar-refractivity contribution is -0.133. The zero-order chi connectivity index (χ0) is 30.0. The van der Waals surface area contributed by atoms with Crippen LogP contribution in [0.1, 0.15) is 47.8 Å². The number of halogens is 1. The van der Waals surface area contributed by atoms with E-state index in [4.69, 9.17) is 11.6 Å². The molecule has 226 valence electrons. The highest BCUT2D eigenvalue weighted by Crippen LogP contribution is 2.33. The highest BCUT2D eigenvalue weighted by molar-refractivity contribution is 7.98. The number of carbonyl (C=O) groups excluding carboxylic acids is 3. The van der Waals surface area contributed by atoms with Crippen molar-refractivity contribution in [1.82, 2.24) is 24.7 Å². The summed E-state index contributed by atoms with van der Waals surface area (Å²) in [5.41, 5.74) is 3.15. The second-order valence-corrected chi connectivity index (χ2v) is 13.1. The Morgan fingerprint density at radius 1 is 1.05 bits per heavy atom. The number of rotatable bonds is 8. The fraction of sp³-hybridized carbons (Fsp3) is 0.581. The fourth-order valence-corrected chi connectivity index (χ4v) is 7.15. The van der Waals surface area contributed by atoms with Crippen LogP contribution < -0.4 is 4.90 Å². The Bertz CT molecular complexity index is 1320. The van der Waals surface area contributed by atoms with E-state index in [0.29, 0.717) is 60.1 Å². The average Bonchev–Trinajstić information content (AvgIpc) is 3.55. The predicted octanol–water partition coefficient (Wildman–Crippen LogP) is 4.15. The van der Waals surface area contributed by atoms with Crippen LogP contribution in [0.2, 0.25) is 5.02 Å². The standard InChI is InChI=1S/C31H41ClN6O3S/c1-20-6-7-26(14-28(20)32)38(29(40)23-8-12-36(13-9-23)22(3)39)11-5-10-35-16-24-18-37(19-25(24)17-35)30(41)27-15-33-31(42-4)34-21(27)2/h6-7,14-15,23-25H,5,8-13,16-19H2,1-4H3. The summed E-state index contributed by atoms with van der Waals surface area (Å²) in [6, 6.07) is 5.85. The van der Waals surface area contributed by atoms with Gasteiger partial charge in [-0.3, -0.25) is 14.4 Å². The van der Waals surface area contributed by atoms with Crippen LogP contribution in [0.25, 0.3) is 0 Å². The number of nitrogens with zero attached hydrogens (tertiary/aromatic N) is 6. The highest BCUT2D eigenvalue weighted by Gasteiger charge is 2.42. The number of likely N-dealkylation sites (tertiary alicyclic amines) is 3. The van der Waals surface area contributed by atoms with Crippen molar-refractivity contribution in [2.75, 3.05) is 63.5 Å². The molecule has 0 radical (unpaired) electrons. The maximum absolute atomic E-state index is 13.8. The van der Waals surface area contributed by atoms with E-state index < -0.39 is 0 Å². The van der Waals surface area contributed by atoms with Gasteiger partial charge in [-0.2, -0.15) is 0 Å². The molecule has 1 aromatic heterocycles. The molecule has 0 aliphatic carbocycles. The lowest BCUT2D eigenvalue weighted by Gasteiger charge is -2.34. The molecule has 0 N–H and O–H groups in total. The van der Waals surface area contributed by atoms with Crippen molar-refractivity contribution in [1.29, 1.82) is 0 Å². The molecule has 2 unspecified atom stereocenters. The second kappa shape index (κ2) is 13.3. The third-order valence-electron chi connectivity index (χ3n) is 9.10. The Morgan fingerprint density at radius 3 is 2.33 bits per heavy atom. The Morgan fingerprint density at radius 2 is 1.74 bits per heavy atom. The third kappa shape index (κ3) is 6.76. The third-order valence-corrected chi connectivity index (χ3v) is 10.1. The summed E-state index contributed by atoms with van der Waals surface area (Å²) in [6.45, 7) is 11.6. The van der Waals surface area contributed by atoms with Gasteiger partial charge < -0.3 is 19.6 Å². The molecule has 0 saturated carbocycles. The van der Waals surface area contributed by atoms with E-state index in [1.807, 2.05) is 53.0 Å². The Labute approximate surface area is 258 Å². The molecular weight excluding hydrogens is 572 g/mol. The van der Waals surface area contributed by atoms with Crippen LogP contribution in [-0.4, -0.2) is 101 Å². The monoisotopic (exact) mass is 612 g/mol. The van der Waals surface area contributed by atoms with E-state index in [1.165, 1.54) is 11.8 Å². The van der Waals surface area contributed by atoms with E-state index in [9.17, 15) is 14.4 Å². The first-order chi connectivity index (χ1) is 20.1. The lowest BCUT2D eigenvalue weighted by Crippen LogP contribution is -2.44. The summed E-state index contributed by atoms with van der Waals surface area (Å²) >= 11 is 7.94. The number of carbonyl (C=O) groups is 3. The molecule has 3 amide bonds. The maximum atomic E-state index is 13.8. The summed E-state index contributed by atoms with van der Waals surface area (Å²) < 4.78 is 0. The van der Waals surface area contributed by atoms with Gasteiger partial charge in [0.05, 0.1) is 11.3 Å². The van der Waals surface area contributed by atoms with Crippen molar-refractivity contribution in [2.45, 2.75) is 45.2 Å². The van der Waals surface area contributed by atoms with Crippen LogP contribution in [0.15, 0.2) is 29.6 Å². The summed E-state index contributed by atoms with van der Waals surface area (Å²) in [4.78, 5) is 55.7.